The summed E-state index contributed by atoms with van der Waals surface area (Å²) in [6.07, 6.45) is 0. The van der Waals surface area contributed by atoms with Gasteiger partial charge in [-0.2, -0.15) is 0 Å². The monoisotopic (exact) mass is 379 g/mol. The van der Waals surface area contributed by atoms with Crippen molar-refractivity contribution in [3.63, 3.8) is 0 Å². The van der Waals surface area contributed by atoms with Crippen LogP contribution in [0, 0.1) is 6.92 Å². The first-order valence-corrected chi connectivity index (χ1v) is 9.66. The van der Waals surface area contributed by atoms with Crippen molar-refractivity contribution in [2.75, 3.05) is 18.5 Å². The zero-order valence-corrected chi connectivity index (χ0v) is 16.1. The lowest BCUT2D eigenvalue weighted by molar-refractivity contribution is 0.0528. The molecule has 0 saturated heterocycles. The van der Waals surface area contributed by atoms with E-state index in [2.05, 4.69) is 5.32 Å². The third kappa shape index (κ3) is 4.44. The standard InChI is InChI=1S/C22H21NO3S/c1-3-26-22(25)20-18(16-7-5-4-6-8-16)14-27-21(20)23-13-19(24)17-11-9-15(2)10-12-17/h4-12,14,23H,3,13H2,1-2H3. The Kier molecular flexibility index (Phi) is 6.04. The van der Waals surface area contributed by atoms with E-state index < -0.39 is 0 Å². The molecule has 27 heavy (non-hydrogen) atoms. The van der Waals surface area contributed by atoms with Gasteiger partial charge < -0.3 is 10.1 Å². The number of carbonyl (C=O) groups is 2. The van der Waals surface area contributed by atoms with Crippen LogP contribution in [-0.2, 0) is 4.74 Å². The predicted octanol–water partition coefficient (Wildman–Crippen LogP) is 5.20. The third-order valence-corrected chi connectivity index (χ3v) is 5.08. The van der Waals surface area contributed by atoms with Crippen molar-refractivity contribution < 1.29 is 14.3 Å². The summed E-state index contributed by atoms with van der Waals surface area (Å²) < 4.78 is 5.24. The molecule has 0 bridgehead atoms. The Morgan fingerprint density at radius 1 is 1.04 bits per heavy atom. The lowest BCUT2D eigenvalue weighted by Gasteiger charge is -2.09. The molecule has 0 aliphatic heterocycles. The number of nitrogens with one attached hydrogen (secondary N) is 1. The highest BCUT2D eigenvalue weighted by atomic mass is 32.1. The molecule has 0 unspecified atom stereocenters. The van der Waals surface area contributed by atoms with Gasteiger partial charge in [-0.15, -0.1) is 11.3 Å². The molecule has 138 valence electrons. The molecule has 0 atom stereocenters. The molecule has 0 amide bonds. The second kappa shape index (κ2) is 8.64. The second-order valence-corrected chi connectivity index (χ2v) is 6.96. The summed E-state index contributed by atoms with van der Waals surface area (Å²) in [5.74, 6) is -0.414. The van der Waals surface area contributed by atoms with Crippen LogP contribution in [0.4, 0.5) is 5.00 Å². The van der Waals surface area contributed by atoms with Crippen LogP contribution in [0.25, 0.3) is 11.1 Å². The fourth-order valence-corrected chi connectivity index (χ4v) is 3.68. The largest absolute Gasteiger partial charge is 0.462 e. The van der Waals surface area contributed by atoms with Crippen molar-refractivity contribution in [1.29, 1.82) is 0 Å². The number of ketones is 1. The lowest BCUT2D eigenvalue weighted by atomic mass is 10.0. The van der Waals surface area contributed by atoms with Gasteiger partial charge in [0, 0.05) is 16.5 Å². The van der Waals surface area contributed by atoms with Crippen molar-refractivity contribution in [3.8, 4) is 11.1 Å². The number of benzene rings is 2. The Labute approximate surface area is 162 Å². The number of anilines is 1. The summed E-state index contributed by atoms with van der Waals surface area (Å²) >= 11 is 1.40. The molecule has 1 heterocycles. The number of aryl methyl sites for hydroxylation is 1. The van der Waals surface area contributed by atoms with Crippen LogP contribution >= 0.6 is 11.3 Å². The number of Topliss-reactive ketones (excluding diaryl/α,β-unsaturated/α-hetero) is 1. The molecular weight excluding hydrogens is 358 g/mol. The second-order valence-electron chi connectivity index (χ2n) is 6.08. The number of thiophene rings is 1. The van der Waals surface area contributed by atoms with Crippen molar-refractivity contribution >= 4 is 28.1 Å². The van der Waals surface area contributed by atoms with E-state index in [0.717, 1.165) is 16.7 Å². The van der Waals surface area contributed by atoms with E-state index in [0.29, 0.717) is 22.7 Å². The number of rotatable bonds is 7. The van der Waals surface area contributed by atoms with Gasteiger partial charge in [-0.05, 0) is 19.4 Å². The molecule has 1 aromatic heterocycles. The molecule has 0 fully saturated rings. The molecule has 5 heteroatoms. The number of hydrogen-bond acceptors (Lipinski definition) is 5. The molecule has 3 rings (SSSR count). The maximum absolute atomic E-state index is 12.5. The Hall–Kier alpha value is -2.92. The van der Waals surface area contributed by atoms with E-state index in [9.17, 15) is 9.59 Å². The summed E-state index contributed by atoms with van der Waals surface area (Å²) in [4.78, 5) is 25.0. The molecule has 0 radical (unpaired) electrons. The third-order valence-electron chi connectivity index (χ3n) is 4.14. The van der Waals surface area contributed by atoms with E-state index >= 15 is 0 Å². The van der Waals surface area contributed by atoms with Gasteiger partial charge in [-0.1, -0.05) is 60.2 Å². The normalized spacial score (nSPS) is 10.4. The Morgan fingerprint density at radius 3 is 2.41 bits per heavy atom. The number of carbonyl (C=O) groups excluding carboxylic acids is 2. The van der Waals surface area contributed by atoms with Crippen LogP contribution in [0.3, 0.4) is 0 Å². The molecule has 4 nitrogen and oxygen atoms in total. The summed E-state index contributed by atoms with van der Waals surface area (Å²) in [7, 11) is 0. The van der Waals surface area contributed by atoms with Crippen LogP contribution in [0.2, 0.25) is 0 Å². The topological polar surface area (TPSA) is 55.4 Å². The molecule has 1 N–H and O–H groups in total. The van der Waals surface area contributed by atoms with Gasteiger partial charge in [-0.25, -0.2) is 4.79 Å². The average molecular weight is 379 g/mol. The quantitative estimate of drug-likeness (QED) is 0.453. The zero-order valence-electron chi connectivity index (χ0n) is 15.3. The van der Waals surface area contributed by atoms with Gasteiger partial charge in [0.05, 0.1) is 13.2 Å². The smallest absolute Gasteiger partial charge is 0.341 e. The van der Waals surface area contributed by atoms with Crippen molar-refractivity contribution in [1.82, 2.24) is 0 Å². The van der Waals surface area contributed by atoms with Gasteiger partial charge in [0.1, 0.15) is 10.6 Å². The fourth-order valence-electron chi connectivity index (χ4n) is 2.73. The van der Waals surface area contributed by atoms with Crippen LogP contribution in [-0.4, -0.2) is 24.9 Å². The first-order valence-electron chi connectivity index (χ1n) is 8.78. The molecule has 0 aliphatic rings. The average Bonchev–Trinajstić information content (AvgIpc) is 3.11. The highest BCUT2D eigenvalue weighted by molar-refractivity contribution is 7.15. The van der Waals surface area contributed by atoms with Crippen molar-refractivity contribution in [2.24, 2.45) is 0 Å². The highest BCUT2D eigenvalue weighted by Crippen LogP contribution is 2.36. The SMILES string of the molecule is CCOC(=O)c1c(-c2ccccc2)csc1NCC(=O)c1ccc(C)cc1. The highest BCUT2D eigenvalue weighted by Gasteiger charge is 2.21. The van der Waals surface area contributed by atoms with Gasteiger partial charge in [0.15, 0.2) is 5.78 Å². The molecule has 0 aliphatic carbocycles. The number of ether oxygens (including phenoxy) is 1. The van der Waals surface area contributed by atoms with E-state index in [4.69, 9.17) is 4.74 Å². The summed E-state index contributed by atoms with van der Waals surface area (Å²) in [6, 6.07) is 17.1. The summed E-state index contributed by atoms with van der Waals surface area (Å²) in [6.45, 7) is 4.17. The number of hydrogen-bond donors (Lipinski definition) is 1. The van der Waals surface area contributed by atoms with Crippen LogP contribution in [0.5, 0.6) is 0 Å². The van der Waals surface area contributed by atoms with Gasteiger partial charge >= 0.3 is 5.97 Å². The van der Waals surface area contributed by atoms with E-state index in [1.54, 1.807) is 6.92 Å². The Morgan fingerprint density at radius 2 is 1.74 bits per heavy atom. The van der Waals surface area contributed by atoms with Gasteiger partial charge in [0.25, 0.3) is 0 Å². The van der Waals surface area contributed by atoms with Crippen LogP contribution in [0.1, 0.15) is 33.2 Å². The van der Waals surface area contributed by atoms with Gasteiger partial charge in [-0.3, -0.25) is 4.79 Å². The predicted molar refractivity (Wildman–Crippen MR) is 110 cm³/mol. The summed E-state index contributed by atoms with van der Waals surface area (Å²) in [5.41, 5.74) is 3.98. The summed E-state index contributed by atoms with van der Waals surface area (Å²) in [5, 5.41) is 5.69. The van der Waals surface area contributed by atoms with E-state index in [-0.39, 0.29) is 18.3 Å². The first-order chi connectivity index (χ1) is 13.1. The van der Waals surface area contributed by atoms with Crippen molar-refractivity contribution in [3.05, 3.63) is 76.7 Å². The molecule has 0 spiro atoms. The molecule has 3 aromatic rings. The van der Waals surface area contributed by atoms with E-state index in [1.807, 2.05) is 66.9 Å². The molecule has 2 aromatic carbocycles. The van der Waals surface area contributed by atoms with Crippen molar-refractivity contribution in [2.45, 2.75) is 13.8 Å². The van der Waals surface area contributed by atoms with E-state index in [1.165, 1.54) is 11.3 Å². The van der Waals surface area contributed by atoms with Crippen LogP contribution in [0.15, 0.2) is 60.0 Å². The minimum absolute atomic E-state index is 0.0283. The fraction of sp³-hybridized carbons (Fsp3) is 0.182. The lowest BCUT2D eigenvalue weighted by Crippen LogP contribution is -2.15. The maximum Gasteiger partial charge on any atom is 0.341 e. The minimum Gasteiger partial charge on any atom is -0.462 e. The van der Waals surface area contributed by atoms with Crippen LogP contribution < -0.4 is 5.32 Å². The molecular formula is C22H21NO3S. The first kappa shape index (κ1) is 18.9. The molecule has 0 saturated carbocycles. The maximum atomic E-state index is 12.5. The number of esters is 1. The zero-order chi connectivity index (χ0) is 19.2. The Balaban J connectivity index is 1.84. The van der Waals surface area contributed by atoms with Gasteiger partial charge in [0.2, 0.25) is 0 Å². The minimum atomic E-state index is -0.386. The Bertz CT molecular complexity index is 930.